The molecule has 10 nitrogen and oxygen atoms in total. The third-order valence-electron chi connectivity index (χ3n) is 5.51. The first-order chi connectivity index (χ1) is 16.8. The summed E-state index contributed by atoms with van der Waals surface area (Å²) >= 11 is 0. The zero-order valence-corrected chi connectivity index (χ0v) is 19.1. The lowest BCUT2D eigenvalue weighted by Gasteiger charge is -2.27. The molecule has 5 rings (SSSR count). The SMILES string of the molecule is NS(=O)(=O)c1ccc(Nc2ncc3cc(F)cc(-c4ccc(N5CCNC(=O)C5)nc4)c3n2)cc1. The second kappa shape index (κ2) is 8.89. The van der Waals surface area contributed by atoms with Crippen molar-refractivity contribution in [2.45, 2.75) is 4.90 Å². The number of nitrogens with zero attached hydrogens (tertiary/aromatic N) is 4. The van der Waals surface area contributed by atoms with E-state index >= 15 is 0 Å². The van der Waals surface area contributed by atoms with Crippen molar-refractivity contribution < 1.29 is 17.6 Å². The summed E-state index contributed by atoms with van der Waals surface area (Å²) < 4.78 is 37.3. The van der Waals surface area contributed by atoms with Gasteiger partial charge in [0.1, 0.15) is 11.6 Å². The fourth-order valence-corrected chi connectivity index (χ4v) is 4.33. The molecule has 2 aromatic carbocycles. The topological polar surface area (TPSA) is 143 Å². The summed E-state index contributed by atoms with van der Waals surface area (Å²) in [6.45, 7) is 1.44. The van der Waals surface area contributed by atoms with Gasteiger partial charge in [-0.05, 0) is 48.5 Å². The highest BCUT2D eigenvalue weighted by Crippen LogP contribution is 2.30. The highest BCUT2D eigenvalue weighted by atomic mass is 32.2. The number of fused-ring (bicyclic) bond motifs is 1. The molecule has 0 radical (unpaired) electrons. The van der Waals surface area contributed by atoms with Gasteiger partial charge in [0.15, 0.2) is 0 Å². The lowest BCUT2D eigenvalue weighted by molar-refractivity contribution is -0.120. The summed E-state index contributed by atoms with van der Waals surface area (Å²) in [6.07, 6.45) is 3.13. The van der Waals surface area contributed by atoms with Gasteiger partial charge in [0, 0.05) is 47.7 Å². The second-order valence-electron chi connectivity index (χ2n) is 7.96. The summed E-state index contributed by atoms with van der Waals surface area (Å²) in [7, 11) is -3.80. The lowest BCUT2D eigenvalue weighted by Crippen LogP contribution is -2.48. The molecule has 4 N–H and O–H groups in total. The average molecular weight is 494 g/mol. The Morgan fingerprint density at radius 3 is 2.54 bits per heavy atom. The molecule has 4 aromatic rings. The minimum Gasteiger partial charge on any atom is -0.353 e. The van der Waals surface area contributed by atoms with Crippen LogP contribution in [0, 0.1) is 5.82 Å². The highest BCUT2D eigenvalue weighted by Gasteiger charge is 2.18. The molecule has 0 atom stereocenters. The first-order valence-corrected chi connectivity index (χ1v) is 12.2. The van der Waals surface area contributed by atoms with Gasteiger partial charge < -0.3 is 15.5 Å². The normalized spacial score (nSPS) is 14.1. The Hall–Kier alpha value is -4.16. The van der Waals surface area contributed by atoms with Crippen molar-refractivity contribution >= 4 is 44.3 Å². The van der Waals surface area contributed by atoms with E-state index in [9.17, 15) is 17.6 Å². The Morgan fingerprint density at radius 2 is 1.86 bits per heavy atom. The van der Waals surface area contributed by atoms with Gasteiger partial charge in [0.05, 0.1) is 17.0 Å². The molecular formula is C23H20FN7O3S. The van der Waals surface area contributed by atoms with E-state index < -0.39 is 15.8 Å². The van der Waals surface area contributed by atoms with Gasteiger partial charge in [-0.2, -0.15) is 0 Å². The Balaban J connectivity index is 1.46. The van der Waals surface area contributed by atoms with E-state index in [1.807, 2.05) is 11.0 Å². The van der Waals surface area contributed by atoms with E-state index in [4.69, 9.17) is 5.14 Å². The van der Waals surface area contributed by atoms with Crippen molar-refractivity contribution in [3.63, 3.8) is 0 Å². The number of sulfonamides is 1. The zero-order valence-electron chi connectivity index (χ0n) is 18.3. The predicted molar refractivity (Wildman–Crippen MR) is 129 cm³/mol. The summed E-state index contributed by atoms with van der Waals surface area (Å²) in [5.41, 5.74) is 2.25. The fourth-order valence-electron chi connectivity index (χ4n) is 3.81. The van der Waals surface area contributed by atoms with E-state index in [0.717, 1.165) is 0 Å². The first-order valence-electron chi connectivity index (χ1n) is 10.6. The quantitative estimate of drug-likeness (QED) is 0.384. The van der Waals surface area contributed by atoms with Gasteiger partial charge in [-0.3, -0.25) is 4.79 Å². The number of rotatable bonds is 5. The Morgan fingerprint density at radius 1 is 1.06 bits per heavy atom. The van der Waals surface area contributed by atoms with Crippen molar-refractivity contribution in [1.82, 2.24) is 20.3 Å². The number of carbonyl (C=O) groups is 1. The van der Waals surface area contributed by atoms with Gasteiger partial charge in [-0.1, -0.05) is 0 Å². The molecule has 0 aliphatic carbocycles. The number of hydrogen-bond acceptors (Lipinski definition) is 8. The molecular weight excluding hydrogens is 473 g/mol. The number of primary sulfonamides is 1. The number of pyridine rings is 1. The van der Waals surface area contributed by atoms with Crippen LogP contribution in [-0.4, -0.2) is 48.9 Å². The number of hydrogen-bond donors (Lipinski definition) is 3. The number of carbonyl (C=O) groups excluding carboxylic acids is 1. The first kappa shape index (κ1) is 22.6. The standard InChI is InChI=1S/C23H20FN7O3S/c24-16-9-15-12-28-23(29-17-2-4-18(5-3-17)35(25,33)34)30-22(15)19(10-16)14-1-6-20(27-11-14)31-8-7-26-21(32)13-31/h1-6,9-12H,7-8,13H2,(H,26,32)(H2,25,33,34)(H,28,29,30). The van der Waals surface area contributed by atoms with Crippen LogP contribution in [0.5, 0.6) is 0 Å². The van der Waals surface area contributed by atoms with Crippen molar-refractivity contribution in [2.75, 3.05) is 29.9 Å². The van der Waals surface area contributed by atoms with E-state index in [2.05, 4.69) is 25.6 Å². The van der Waals surface area contributed by atoms with Crippen LogP contribution < -0.4 is 20.7 Å². The van der Waals surface area contributed by atoms with Gasteiger partial charge in [-0.15, -0.1) is 0 Å². The van der Waals surface area contributed by atoms with E-state index in [1.54, 1.807) is 24.4 Å². The van der Waals surface area contributed by atoms with Crippen LogP contribution in [0.25, 0.3) is 22.0 Å². The molecule has 178 valence electrons. The number of amides is 1. The molecule has 0 unspecified atom stereocenters. The number of aromatic nitrogens is 3. The molecule has 2 aromatic heterocycles. The van der Waals surface area contributed by atoms with Crippen LogP contribution in [0.2, 0.25) is 0 Å². The van der Waals surface area contributed by atoms with Crippen molar-refractivity contribution in [2.24, 2.45) is 5.14 Å². The van der Waals surface area contributed by atoms with Crippen molar-refractivity contribution in [3.8, 4) is 11.1 Å². The molecule has 3 heterocycles. The van der Waals surface area contributed by atoms with Crippen molar-refractivity contribution in [1.29, 1.82) is 0 Å². The van der Waals surface area contributed by atoms with Crippen molar-refractivity contribution in [3.05, 3.63) is 66.7 Å². The molecule has 1 fully saturated rings. The van der Waals surface area contributed by atoms with Crippen LogP contribution in [0.1, 0.15) is 0 Å². The third-order valence-corrected chi connectivity index (χ3v) is 6.44. The van der Waals surface area contributed by atoms with Gasteiger partial charge >= 0.3 is 0 Å². The summed E-state index contributed by atoms with van der Waals surface area (Å²) in [6, 6.07) is 12.2. The number of nitrogens with one attached hydrogen (secondary N) is 2. The number of halogens is 1. The maximum atomic E-state index is 14.4. The van der Waals surface area contributed by atoms with Crippen LogP contribution >= 0.6 is 0 Å². The minimum absolute atomic E-state index is 0.0126. The molecule has 0 saturated carbocycles. The number of piperazine rings is 1. The summed E-state index contributed by atoms with van der Waals surface area (Å²) in [5, 5.41) is 11.4. The van der Waals surface area contributed by atoms with Crippen LogP contribution in [0.4, 0.5) is 21.8 Å². The molecule has 0 bridgehead atoms. The van der Waals surface area contributed by atoms with Crippen LogP contribution in [0.3, 0.4) is 0 Å². The van der Waals surface area contributed by atoms with E-state index in [-0.39, 0.29) is 23.3 Å². The molecule has 1 amide bonds. The van der Waals surface area contributed by atoms with Gasteiger partial charge in [-0.25, -0.2) is 32.9 Å². The largest absolute Gasteiger partial charge is 0.353 e. The summed E-state index contributed by atoms with van der Waals surface area (Å²) in [5.74, 6) is 0.406. The van der Waals surface area contributed by atoms with Gasteiger partial charge in [0.2, 0.25) is 21.9 Å². The predicted octanol–water partition coefficient (Wildman–Crippen LogP) is 2.16. The molecule has 35 heavy (non-hydrogen) atoms. The summed E-state index contributed by atoms with van der Waals surface area (Å²) in [4.78, 5) is 26.8. The Bertz CT molecular complexity index is 1530. The molecule has 0 spiro atoms. The number of nitrogens with two attached hydrogens (primary N) is 1. The van der Waals surface area contributed by atoms with Crippen LogP contribution in [-0.2, 0) is 14.8 Å². The zero-order chi connectivity index (χ0) is 24.6. The van der Waals surface area contributed by atoms with E-state index in [1.165, 1.54) is 30.5 Å². The maximum Gasteiger partial charge on any atom is 0.239 e. The maximum absolute atomic E-state index is 14.4. The van der Waals surface area contributed by atoms with Crippen LogP contribution in [0.15, 0.2) is 65.8 Å². The van der Waals surface area contributed by atoms with Gasteiger partial charge in [0.25, 0.3) is 0 Å². The average Bonchev–Trinajstić information content (AvgIpc) is 2.84. The minimum atomic E-state index is -3.80. The Kier molecular flexibility index (Phi) is 5.75. The Labute approximate surface area is 200 Å². The number of anilines is 3. The molecule has 12 heteroatoms. The number of benzene rings is 2. The lowest BCUT2D eigenvalue weighted by atomic mass is 10.0. The highest BCUT2D eigenvalue weighted by molar-refractivity contribution is 7.89. The van der Waals surface area contributed by atoms with E-state index in [0.29, 0.717) is 46.6 Å². The fraction of sp³-hybridized carbons (Fsp3) is 0.130. The third kappa shape index (κ3) is 4.88. The monoisotopic (exact) mass is 493 g/mol. The molecule has 1 saturated heterocycles. The second-order valence-corrected chi connectivity index (χ2v) is 9.52. The molecule has 1 aliphatic heterocycles. The smallest absolute Gasteiger partial charge is 0.239 e. The molecule has 1 aliphatic rings.